The molecule has 19 heavy (non-hydrogen) atoms. The van der Waals surface area contributed by atoms with Gasteiger partial charge in [-0.1, -0.05) is 18.2 Å². The Kier molecular flexibility index (Phi) is 5.31. The second kappa shape index (κ2) is 6.34. The highest BCUT2D eigenvalue weighted by Gasteiger charge is 2.43. The van der Waals surface area contributed by atoms with Crippen LogP contribution in [0.2, 0.25) is 0 Å². The Hall–Kier alpha value is -1.14. The Labute approximate surface area is 110 Å². The number of benzene rings is 1. The van der Waals surface area contributed by atoms with Gasteiger partial charge in [-0.05, 0) is 33.0 Å². The maximum Gasteiger partial charge on any atom is 0.404 e. The van der Waals surface area contributed by atoms with E-state index >= 15 is 0 Å². The van der Waals surface area contributed by atoms with Crippen molar-refractivity contribution in [3.8, 4) is 0 Å². The van der Waals surface area contributed by atoms with E-state index in [1.165, 1.54) is 25.2 Å². The summed E-state index contributed by atoms with van der Waals surface area (Å²) in [5.74, 6) is -0.504. The summed E-state index contributed by atoms with van der Waals surface area (Å²) in [4.78, 5) is 1.12. The van der Waals surface area contributed by atoms with Crippen molar-refractivity contribution < 1.29 is 17.6 Å². The lowest BCUT2D eigenvalue weighted by Crippen LogP contribution is -2.45. The number of alkyl halides is 3. The average molecular weight is 278 g/mol. The van der Waals surface area contributed by atoms with E-state index in [4.69, 9.17) is 5.73 Å². The van der Waals surface area contributed by atoms with Gasteiger partial charge in [0.25, 0.3) is 0 Å². The highest BCUT2D eigenvalue weighted by atomic mass is 19.4. The lowest BCUT2D eigenvalue weighted by atomic mass is 10.0. The van der Waals surface area contributed by atoms with Gasteiger partial charge in [-0.2, -0.15) is 13.2 Å². The first-order valence-electron chi connectivity index (χ1n) is 6.02. The third kappa shape index (κ3) is 3.91. The summed E-state index contributed by atoms with van der Waals surface area (Å²) in [6, 6.07) is 3.49. The van der Waals surface area contributed by atoms with E-state index < -0.39 is 24.1 Å². The lowest BCUT2D eigenvalue weighted by molar-refractivity contribution is -0.186. The molecular formula is C13H18F4N2. The van der Waals surface area contributed by atoms with Crippen LogP contribution in [-0.2, 0) is 0 Å². The maximum absolute atomic E-state index is 13.6. The second-order valence-electron chi connectivity index (χ2n) is 4.50. The molecule has 0 aliphatic heterocycles. The minimum atomic E-state index is -4.38. The van der Waals surface area contributed by atoms with Crippen molar-refractivity contribution >= 4 is 0 Å². The summed E-state index contributed by atoms with van der Waals surface area (Å²) in [5.41, 5.74) is 5.48. The van der Waals surface area contributed by atoms with Gasteiger partial charge < -0.3 is 5.73 Å². The molecule has 2 atom stereocenters. The van der Waals surface area contributed by atoms with E-state index in [0.717, 1.165) is 4.90 Å². The van der Waals surface area contributed by atoms with Crippen molar-refractivity contribution in [2.45, 2.75) is 31.6 Å². The van der Waals surface area contributed by atoms with Gasteiger partial charge in [0.15, 0.2) is 0 Å². The fourth-order valence-corrected chi connectivity index (χ4v) is 2.06. The highest BCUT2D eigenvalue weighted by Crippen LogP contribution is 2.32. The molecule has 6 heteroatoms. The molecule has 0 fully saturated rings. The van der Waals surface area contributed by atoms with Crippen LogP contribution in [0.1, 0.15) is 24.9 Å². The van der Waals surface area contributed by atoms with E-state index in [1.807, 2.05) is 0 Å². The lowest BCUT2D eigenvalue weighted by Gasteiger charge is -2.34. The monoisotopic (exact) mass is 278 g/mol. The van der Waals surface area contributed by atoms with E-state index in [2.05, 4.69) is 0 Å². The standard InChI is InChI=1S/C13H18F4N2/c1-9(10-5-3-4-6-11(10)14)19(2)12(7-8-18)13(15,16)17/h3-6,9,12H,7-8,18H2,1-2H3. The number of hydrogen-bond donors (Lipinski definition) is 1. The average Bonchev–Trinajstić information content (AvgIpc) is 2.33. The molecule has 1 rings (SSSR count). The summed E-state index contributed by atoms with van der Waals surface area (Å²) in [6.07, 6.45) is -4.59. The molecule has 2 N–H and O–H groups in total. The van der Waals surface area contributed by atoms with Crippen molar-refractivity contribution in [1.29, 1.82) is 0 Å². The number of nitrogens with two attached hydrogens (primary N) is 1. The fourth-order valence-electron chi connectivity index (χ4n) is 2.06. The molecule has 0 bridgehead atoms. The number of nitrogens with zero attached hydrogens (tertiary/aromatic N) is 1. The van der Waals surface area contributed by atoms with Gasteiger partial charge in [0.05, 0.1) is 0 Å². The minimum absolute atomic E-state index is 0.0709. The first kappa shape index (κ1) is 15.9. The molecule has 0 saturated heterocycles. The summed E-state index contributed by atoms with van der Waals surface area (Å²) in [5, 5.41) is 0. The van der Waals surface area contributed by atoms with Crippen LogP contribution < -0.4 is 5.73 Å². The van der Waals surface area contributed by atoms with Crippen LogP contribution in [0.4, 0.5) is 17.6 Å². The zero-order chi connectivity index (χ0) is 14.6. The van der Waals surface area contributed by atoms with Gasteiger partial charge in [0.2, 0.25) is 0 Å². The number of halogens is 4. The van der Waals surface area contributed by atoms with Gasteiger partial charge in [-0.25, -0.2) is 4.39 Å². The molecule has 0 radical (unpaired) electrons. The van der Waals surface area contributed by atoms with Crippen molar-refractivity contribution in [3.63, 3.8) is 0 Å². The predicted octanol–water partition coefficient (Wildman–Crippen LogP) is 3.10. The van der Waals surface area contributed by atoms with Crippen molar-refractivity contribution in [1.82, 2.24) is 4.90 Å². The van der Waals surface area contributed by atoms with Crippen LogP contribution in [0, 0.1) is 5.82 Å². The van der Waals surface area contributed by atoms with Crippen LogP contribution in [0.3, 0.4) is 0 Å². The third-order valence-electron chi connectivity index (χ3n) is 3.28. The first-order valence-corrected chi connectivity index (χ1v) is 6.02. The quantitative estimate of drug-likeness (QED) is 0.839. The molecule has 2 unspecified atom stereocenters. The van der Waals surface area contributed by atoms with E-state index in [9.17, 15) is 17.6 Å². The Balaban J connectivity index is 2.97. The van der Waals surface area contributed by atoms with E-state index in [-0.39, 0.29) is 18.5 Å². The molecule has 1 aromatic carbocycles. The van der Waals surface area contributed by atoms with Gasteiger partial charge in [-0.15, -0.1) is 0 Å². The molecule has 0 amide bonds. The molecule has 108 valence electrons. The highest BCUT2D eigenvalue weighted by molar-refractivity contribution is 5.20. The molecule has 0 spiro atoms. The Morgan fingerprint density at radius 3 is 2.32 bits per heavy atom. The summed E-state index contributed by atoms with van der Waals surface area (Å²) in [7, 11) is 1.34. The third-order valence-corrected chi connectivity index (χ3v) is 3.28. The molecule has 0 aliphatic rings. The topological polar surface area (TPSA) is 29.3 Å². The Morgan fingerprint density at radius 2 is 1.84 bits per heavy atom. The first-order chi connectivity index (χ1) is 8.79. The molecule has 0 saturated carbocycles. The molecule has 2 nitrogen and oxygen atoms in total. The molecule has 1 aromatic rings. The second-order valence-corrected chi connectivity index (χ2v) is 4.50. The predicted molar refractivity (Wildman–Crippen MR) is 66.1 cm³/mol. The summed E-state index contributed by atoms with van der Waals surface area (Å²) < 4.78 is 52.4. The molecule has 0 aliphatic carbocycles. The van der Waals surface area contributed by atoms with Crippen LogP contribution in [0.5, 0.6) is 0 Å². The SMILES string of the molecule is CC(c1ccccc1F)N(C)C(CCN)C(F)(F)F. The summed E-state index contributed by atoms with van der Waals surface area (Å²) in [6.45, 7) is 1.48. The Bertz CT molecular complexity index is 406. The van der Waals surface area contributed by atoms with Crippen LogP contribution in [0.15, 0.2) is 24.3 Å². The Morgan fingerprint density at radius 1 is 1.26 bits per heavy atom. The normalized spacial score (nSPS) is 15.6. The smallest absolute Gasteiger partial charge is 0.330 e. The zero-order valence-electron chi connectivity index (χ0n) is 10.9. The van der Waals surface area contributed by atoms with E-state index in [1.54, 1.807) is 13.0 Å². The van der Waals surface area contributed by atoms with Gasteiger partial charge in [-0.3, -0.25) is 4.90 Å². The number of rotatable bonds is 5. The number of hydrogen-bond acceptors (Lipinski definition) is 2. The van der Waals surface area contributed by atoms with Gasteiger partial charge >= 0.3 is 6.18 Å². The van der Waals surface area contributed by atoms with Gasteiger partial charge in [0.1, 0.15) is 11.9 Å². The largest absolute Gasteiger partial charge is 0.404 e. The molecule has 0 aromatic heterocycles. The maximum atomic E-state index is 13.6. The van der Waals surface area contributed by atoms with Crippen LogP contribution in [-0.4, -0.2) is 30.7 Å². The molecule has 0 heterocycles. The van der Waals surface area contributed by atoms with Gasteiger partial charge in [0, 0.05) is 11.6 Å². The van der Waals surface area contributed by atoms with Crippen molar-refractivity contribution in [2.75, 3.05) is 13.6 Å². The zero-order valence-corrected chi connectivity index (χ0v) is 10.9. The van der Waals surface area contributed by atoms with Crippen molar-refractivity contribution in [3.05, 3.63) is 35.6 Å². The summed E-state index contributed by atoms with van der Waals surface area (Å²) >= 11 is 0. The molecular weight excluding hydrogens is 260 g/mol. The minimum Gasteiger partial charge on any atom is -0.330 e. The fraction of sp³-hybridized carbons (Fsp3) is 0.538. The van der Waals surface area contributed by atoms with E-state index in [0.29, 0.717) is 0 Å². The van der Waals surface area contributed by atoms with Crippen LogP contribution >= 0.6 is 0 Å². The van der Waals surface area contributed by atoms with Crippen LogP contribution in [0.25, 0.3) is 0 Å². The van der Waals surface area contributed by atoms with Crippen molar-refractivity contribution in [2.24, 2.45) is 5.73 Å².